The van der Waals surface area contributed by atoms with Crippen LogP contribution in [0.2, 0.25) is 0 Å². The number of aromatic nitrogens is 4. The summed E-state index contributed by atoms with van der Waals surface area (Å²) < 4.78 is 5.86. The number of H-pyrrole nitrogens is 1. The molecule has 130 valence electrons. The molecule has 2 heterocycles. The second kappa shape index (κ2) is 6.60. The first kappa shape index (κ1) is 16.3. The molecule has 0 aliphatic rings. The largest absolute Gasteiger partial charge is 0.504 e. The maximum absolute atomic E-state index is 10.1. The summed E-state index contributed by atoms with van der Waals surface area (Å²) in [5, 5.41) is 23.4. The molecule has 9 heteroatoms. The van der Waals surface area contributed by atoms with E-state index in [0.29, 0.717) is 22.5 Å². The molecular weight excluding hydrogens is 400 g/mol. The molecule has 0 spiro atoms. The SMILES string of the molecule is COc1cc(Br)cc(/C=N/Nc2nnc3c(n2)[nH]c2ccccc23)c1O. The van der Waals surface area contributed by atoms with E-state index in [0.717, 1.165) is 15.4 Å². The van der Waals surface area contributed by atoms with Crippen molar-refractivity contribution in [1.29, 1.82) is 0 Å². The Morgan fingerprint density at radius 2 is 2.12 bits per heavy atom. The van der Waals surface area contributed by atoms with Crippen LogP contribution >= 0.6 is 15.9 Å². The van der Waals surface area contributed by atoms with Gasteiger partial charge in [0, 0.05) is 20.9 Å². The molecule has 0 saturated carbocycles. The van der Waals surface area contributed by atoms with E-state index in [-0.39, 0.29) is 11.7 Å². The molecule has 0 saturated heterocycles. The summed E-state index contributed by atoms with van der Waals surface area (Å²) >= 11 is 3.36. The third kappa shape index (κ3) is 2.93. The number of phenols is 1. The van der Waals surface area contributed by atoms with Gasteiger partial charge in [-0.05, 0) is 18.2 Å². The van der Waals surface area contributed by atoms with Gasteiger partial charge in [0.2, 0.25) is 0 Å². The van der Waals surface area contributed by atoms with Gasteiger partial charge in [0.1, 0.15) is 5.52 Å². The first-order chi connectivity index (χ1) is 12.7. The Kier molecular flexibility index (Phi) is 4.13. The number of halogens is 1. The van der Waals surface area contributed by atoms with E-state index in [9.17, 15) is 5.11 Å². The normalized spacial score (nSPS) is 11.5. The van der Waals surface area contributed by atoms with E-state index in [1.165, 1.54) is 13.3 Å². The molecule has 4 aromatic rings. The van der Waals surface area contributed by atoms with Gasteiger partial charge in [-0.25, -0.2) is 5.43 Å². The molecule has 3 N–H and O–H groups in total. The summed E-state index contributed by atoms with van der Waals surface area (Å²) in [7, 11) is 1.48. The molecule has 26 heavy (non-hydrogen) atoms. The van der Waals surface area contributed by atoms with E-state index in [4.69, 9.17) is 4.74 Å². The highest BCUT2D eigenvalue weighted by Crippen LogP contribution is 2.32. The highest BCUT2D eigenvalue weighted by atomic mass is 79.9. The average molecular weight is 413 g/mol. The third-order valence-corrected chi connectivity index (χ3v) is 4.24. The molecular formula is C17H13BrN6O2. The molecule has 2 aromatic heterocycles. The maximum atomic E-state index is 10.1. The van der Waals surface area contributed by atoms with Crippen molar-refractivity contribution < 1.29 is 9.84 Å². The number of hydrogen-bond acceptors (Lipinski definition) is 7. The number of ether oxygens (including phenoxy) is 1. The van der Waals surface area contributed by atoms with Gasteiger partial charge >= 0.3 is 0 Å². The summed E-state index contributed by atoms with van der Waals surface area (Å²) in [4.78, 5) is 7.56. The van der Waals surface area contributed by atoms with Crippen molar-refractivity contribution in [2.75, 3.05) is 12.5 Å². The first-order valence-electron chi connectivity index (χ1n) is 7.62. The smallest absolute Gasteiger partial charge is 0.265 e. The molecule has 2 aromatic carbocycles. The van der Waals surface area contributed by atoms with Gasteiger partial charge in [-0.3, -0.25) is 0 Å². The van der Waals surface area contributed by atoms with Crippen molar-refractivity contribution in [3.63, 3.8) is 0 Å². The standard InChI is InChI=1S/C17H13BrN6O2/c1-26-13-7-10(18)6-9(15(13)25)8-19-23-17-21-16-14(22-24-17)11-4-2-3-5-12(11)20-16/h2-8,25H,1H3,(H2,20,21,23,24)/b19-8+. The van der Waals surface area contributed by atoms with Gasteiger partial charge in [0.15, 0.2) is 17.1 Å². The van der Waals surface area contributed by atoms with Crippen LogP contribution < -0.4 is 10.2 Å². The van der Waals surface area contributed by atoms with Crippen LogP contribution in [-0.2, 0) is 0 Å². The molecule has 0 aliphatic carbocycles. The molecule has 0 aliphatic heterocycles. The Labute approximate surface area is 156 Å². The average Bonchev–Trinajstić information content (AvgIpc) is 3.02. The number of para-hydroxylation sites is 1. The van der Waals surface area contributed by atoms with Crippen LogP contribution in [0, 0.1) is 0 Å². The number of rotatable bonds is 4. The number of nitrogens with one attached hydrogen (secondary N) is 2. The predicted molar refractivity (Wildman–Crippen MR) is 103 cm³/mol. The Bertz CT molecular complexity index is 1140. The fraction of sp³-hybridized carbons (Fsp3) is 0.0588. The number of aromatic hydroxyl groups is 1. The minimum atomic E-state index is -0.00800. The van der Waals surface area contributed by atoms with Crippen molar-refractivity contribution in [3.8, 4) is 11.5 Å². The van der Waals surface area contributed by atoms with Crippen LogP contribution in [0.25, 0.3) is 22.1 Å². The summed E-state index contributed by atoms with van der Waals surface area (Å²) in [5.41, 5.74) is 5.44. The fourth-order valence-corrected chi connectivity index (χ4v) is 3.03. The number of hydrogen-bond donors (Lipinski definition) is 3. The van der Waals surface area contributed by atoms with Gasteiger partial charge in [0.05, 0.1) is 13.3 Å². The lowest BCUT2D eigenvalue weighted by Crippen LogP contribution is -1.99. The fourth-order valence-electron chi connectivity index (χ4n) is 2.58. The predicted octanol–water partition coefficient (Wildman–Crippen LogP) is 3.43. The minimum Gasteiger partial charge on any atom is -0.504 e. The van der Waals surface area contributed by atoms with Crippen molar-refractivity contribution >= 4 is 50.2 Å². The lowest BCUT2D eigenvalue weighted by atomic mass is 10.2. The Morgan fingerprint density at radius 3 is 2.96 bits per heavy atom. The number of phenolic OH excluding ortho intramolecular Hbond substituents is 1. The van der Waals surface area contributed by atoms with Crippen LogP contribution in [-0.4, -0.2) is 38.6 Å². The Balaban J connectivity index is 1.61. The highest BCUT2D eigenvalue weighted by molar-refractivity contribution is 9.10. The lowest BCUT2D eigenvalue weighted by Gasteiger charge is -2.06. The molecule has 0 atom stereocenters. The van der Waals surface area contributed by atoms with Crippen LogP contribution in [0.4, 0.5) is 5.95 Å². The summed E-state index contributed by atoms with van der Waals surface area (Å²) in [6.07, 6.45) is 1.45. The van der Waals surface area contributed by atoms with E-state index in [1.807, 2.05) is 24.3 Å². The Hall–Kier alpha value is -3.20. The van der Waals surface area contributed by atoms with E-state index < -0.39 is 0 Å². The number of methoxy groups -OCH3 is 1. The zero-order valence-corrected chi connectivity index (χ0v) is 15.1. The second-order valence-corrected chi connectivity index (χ2v) is 6.33. The summed E-state index contributed by atoms with van der Waals surface area (Å²) in [6.45, 7) is 0. The molecule has 0 unspecified atom stereocenters. The molecule has 0 radical (unpaired) electrons. The van der Waals surface area contributed by atoms with Gasteiger partial charge < -0.3 is 14.8 Å². The molecule has 0 amide bonds. The monoisotopic (exact) mass is 412 g/mol. The number of anilines is 1. The number of benzene rings is 2. The quantitative estimate of drug-likeness (QED) is 0.350. The van der Waals surface area contributed by atoms with Crippen LogP contribution in [0.15, 0.2) is 46.0 Å². The number of aromatic amines is 1. The van der Waals surface area contributed by atoms with Crippen molar-refractivity contribution in [1.82, 2.24) is 20.2 Å². The van der Waals surface area contributed by atoms with Crippen molar-refractivity contribution in [2.45, 2.75) is 0 Å². The highest BCUT2D eigenvalue weighted by Gasteiger charge is 2.09. The first-order valence-corrected chi connectivity index (χ1v) is 8.41. The maximum Gasteiger partial charge on any atom is 0.265 e. The summed E-state index contributed by atoms with van der Waals surface area (Å²) in [5.74, 6) is 0.575. The lowest BCUT2D eigenvalue weighted by molar-refractivity contribution is 0.373. The number of nitrogens with zero attached hydrogens (tertiary/aromatic N) is 4. The van der Waals surface area contributed by atoms with Crippen LogP contribution in [0.3, 0.4) is 0 Å². The van der Waals surface area contributed by atoms with Gasteiger partial charge in [-0.2, -0.15) is 10.1 Å². The zero-order chi connectivity index (χ0) is 18.1. The molecule has 0 fully saturated rings. The van der Waals surface area contributed by atoms with E-state index >= 15 is 0 Å². The molecule has 8 nitrogen and oxygen atoms in total. The van der Waals surface area contributed by atoms with Crippen molar-refractivity contribution in [3.05, 3.63) is 46.4 Å². The van der Waals surface area contributed by atoms with Crippen LogP contribution in [0.1, 0.15) is 5.56 Å². The summed E-state index contributed by atoms with van der Waals surface area (Å²) in [6, 6.07) is 11.2. The van der Waals surface area contributed by atoms with Gasteiger partial charge in [0.25, 0.3) is 5.95 Å². The minimum absolute atomic E-state index is 0.00800. The van der Waals surface area contributed by atoms with E-state index in [1.54, 1.807) is 12.1 Å². The topological polar surface area (TPSA) is 108 Å². The third-order valence-electron chi connectivity index (χ3n) is 3.78. The molecule has 4 rings (SSSR count). The number of fused-ring (bicyclic) bond motifs is 3. The van der Waals surface area contributed by atoms with Gasteiger partial charge in [-0.15, -0.1) is 10.2 Å². The van der Waals surface area contributed by atoms with Crippen molar-refractivity contribution in [2.24, 2.45) is 5.10 Å². The van der Waals surface area contributed by atoms with E-state index in [2.05, 4.69) is 46.6 Å². The Morgan fingerprint density at radius 1 is 1.27 bits per heavy atom. The van der Waals surface area contributed by atoms with Crippen LogP contribution in [0.5, 0.6) is 11.5 Å². The van der Waals surface area contributed by atoms with Gasteiger partial charge in [-0.1, -0.05) is 34.1 Å². The zero-order valence-electron chi connectivity index (χ0n) is 13.6. The number of hydrazone groups is 1. The molecule has 0 bridgehead atoms. The second-order valence-electron chi connectivity index (χ2n) is 5.42.